The van der Waals surface area contributed by atoms with Gasteiger partial charge in [0.25, 0.3) is 0 Å². The highest BCUT2D eigenvalue weighted by Gasteiger charge is 2.07. The zero-order valence-corrected chi connectivity index (χ0v) is 10.0. The maximum Gasteiger partial charge on any atom is 0.319 e. The molecule has 1 rings (SSSR count). The SMILES string of the molecule is CNC(=O)Nc1c(C)cc(C)cc1Br. The van der Waals surface area contributed by atoms with E-state index in [1.165, 1.54) is 0 Å². The molecule has 0 fully saturated rings. The van der Waals surface area contributed by atoms with Gasteiger partial charge in [-0.05, 0) is 47.0 Å². The fraction of sp³-hybridized carbons (Fsp3) is 0.300. The Bertz CT molecular complexity index is 340. The summed E-state index contributed by atoms with van der Waals surface area (Å²) in [4.78, 5) is 11.1. The number of carbonyl (C=O) groups is 1. The summed E-state index contributed by atoms with van der Waals surface area (Å²) in [5.74, 6) is 0. The van der Waals surface area contributed by atoms with E-state index >= 15 is 0 Å². The van der Waals surface area contributed by atoms with E-state index in [9.17, 15) is 4.79 Å². The highest BCUT2D eigenvalue weighted by Crippen LogP contribution is 2.27. The van der Waals surface area contributed by atoms with Crippen molar-refractivity contribution in [3.05, 3.63) is 27.7 Å². The molecule has 2 amide bonds. The molecule has 0 aliphatic carbocycles. The first-order valence-electron chi connectivity index (χ1n) is 4.30. The highest BCUT2D eigenvalue weighted by atomic mass is 79.9. The van der Waals surface area contributed by atoms with E-state index in [2.05, 4.69) is 26.6 Å². The van der Waals surface area contributed by atoms with Crippen LogP contribution in [-0.4, -0.2) is 13.1 Å². The van der Waals surface area contributed by atoms with Gasteiger partial charge in [-0.2, -0.15) is 0 Å². The van der Waals surface area contributed by atoms with Crippen LogP contribution in [0.5, 0.6) is 0 Å². The van der Waals surface area contributed by atoms with E-state index in [0.29, 0.717) is 0 Å². The molecule has 76 valence electrons. The minimum absolute atomic E-state index is 0.211. The lowest BCUT2D eigenvalue weighted by Gasteiger charge is -2.11. The minimum atomic E-state index is -0.211. The molecule has 0 spiro atoms. The summed E-state index contributed by atoms with van der Waals surface area (Å²) in [6.45, 7) is 3.98. The van der Waals surface area contributed by atoms with Crippen LogP contribution >= 0.6 is 15.9 Å². The summed E-state index contributed by atoms with van der Waals surface area (Å²) >= 11 is 3.41. The zero-order valence-electron chi connectivity index (χ0n) is 8.44. The van der Waals surface area contributed by atoms with Gasteiger partial charge < -0.3 is 10.6 Å². The summed E-state index contributed by atoms with van der Waals surface area (Å²) in [7, 11) is 1.59. The molecule has 0 saturated carbocycles. The van der Waals surface area contributed by atoms with Crippen molar-refractivity contribution in [2.24, 2.45) is 0 Å². The monoisotopic (exact) mass is 256 g/mol. The second kappa shape index (κ2) is 4.46. The smallest absolute Gasteiger partial charge is 0.319 e. The van der Waals surface area contributed by atoms with Crippen LogP contribution in [0.15, 0.2) is 16.6 Å². The van der Waals surface area contributed by atoms with E-state index in [-0.39, 0.29) is 6.03 Å². The van der Waals surface area contributed by atoms with E-state index in [4.69, 9.17) is 0 Å². The second-order valence-corrected chi connectivity index (χ2v) is 4.00. The third-order valence-electron chi connectivity index (χ3n) is 1.90. The average molecular weight is 257 g/mol. The van der Waals surface area contributed by atoms with Gasteiger partial charge in [-0.1, -0.05) is 6.07 Å². The number of rotatable bonds is 1. The van der Waals surface area contributed by atoms with Crippen molar-refractivity contribution in [2.75, 3.05) is 12.4 Å². The summed E-state index contributed by atoms with van der Waals surface area (Å²) in [5, 5.41) is 5.27. The number of halogens is 1. The first kappa shape index (κ1) is 11.0. The quantitative estimate of drug-likeness (QED) is 0.798. The Hall–Kier alpha value is -1.03. The fourth-order valence-corrected chi connectivity index (χ4v) is 2.02. The Labute approximate surface area is 92.0 Å². The van der Waals surface area contributed by atoms with Crippen LogP contribution < -0.4 is 10.6 Å². The van der Waals surface area contributed by atoms with Gasteiger partial charge in [0.1, 0.15) is 0 Å². The van der Waals surface area contributed by atoms with Crippen molar-refractivity contribution in [3.63, 3.8) is 0 Å². The lowest BCUT2D eigenvalue weighted by atomic mass is 10.1. The van der Waals surface area contributed by atoms with Gasteiger partial charge in [0.15, 0.2) is 0 Å². The van der Waals surface area contributed by atoms with Crippen LogP contribution in [0.3, 0.4) is 0 Å². The standard InChI is InChI=1S/C10H13BrN2O/c1-6-4-7(2)9(8(11)5-6)13-10(14)12-3/h4-5H,1-3H3,(H2,12,13,14). The normalized spacial score (nSPS) is 9.71. The number of amides is 2. The molecule has 1 aromatic rings. The first-order chi connectivity index (χ1) is 6.54. The molecule has 0 aliphatic heterocycles. The first-order valence-corrected chi connectivity index (χ1v) is 5.09. The lowest BCUT2D eigenvalue weighted by molar-refractivity contribution is 0.254. The topological polar surface area (TPSA) is 41.1 Å². The highest BCUT2D eigenvalue weighted by molar-refractivity contribution is 9.10. The molecule has 4 heteroatoms. The number of carbonyl (C=O) groups excluding carboxylic acids is 1. The van der Waals surface area contributed by atoms with Gasteiger partial charge in [-0.15, -0.1) is 0 Å². The van der Waals surface area contributed by atoms with Crippen LogP contribution in [0.1, 0.15) is 11.1 Å². The number of benzene rings is 1. The number of anilines is 1. The maximum absolute atomic E-state index is 11.1. The van der Waals surface area contributed by atoms with Gasteiger partial charge in [0, 0.05) is 11.5 Å². The molecule has 0 aliphatic rings. The summed E-state index contributed by atoms with van der Waals surface area (Å²) < 4.78 is 0.901. The fourth-order valence-electron chi connectivity index (χ4n) is 1.25. The Balaban J connectivity index is 3.02. The zero-order chi connectivity index (χ0) is 10.7. The van der Waals surface area contributed by atoms with E-state index in [1.54, 1.807) is 7.05 Å². The van der Waals surface area contributed by atoms with Crippen molar-refractivity contribution >= 4 is 27.6 Å². The van der Waals surface area contributed by atoms with Crippen molar-refractivity contribution in [2.45, 2.75) is 13.8 Å². The van der Waals surface area contributed by atoms with Crippen LogP contribution in [-0.2, 0) is 0 Å². The van der Waals surface area contributed by atoms with Crippen molar-refractivity contribution in [3.8, 4) is 0 Å². The van der Waals surface area contributed by atoms with Gasteiger partial charge in [-0.3, -0.25) is 0 Å². The van der Waals surface area contributed by atoms with Crippen LogP contribution in [0.2, 0.25) is 0 Å². The van der Waals surface area contributed by atoms with Crippen molar-refractivity contribution < 1.29 is 4.79 Å². The molecule has 0 unspecified atom stereocenters. The molecule has 0 bridgehead atoms. The van der Waals surface area contributed by atoms with Gasteiger partial charge in [0.05, 0.1) is 5.69 Å². The predicted molar refractivity (Wildman–Crippen MR) is 61.7 cm³/mol. The molecular weight excluding hydrogens is 244 g/mol. The number of hydrogen-bond donors (Lipinski definition) is 2. The molecule has 14 heavy (non-hydrogen) atoms. The second-order valence-electron chi connectivity index (χ2n) is 3.14. The number of urea groups is 1. The molecular formula is C10H13BrN2O. The lowest BCUT2D eigenvalue weighted by Crippen LogP contribution is -2.25. The van der Waals surface area contributed by atoms with Crippen molar-refractivity contribution in [1.82, 2.24) is 5.32 Å². The van der Waals surface area contributed by atoms with Gasteiger partial charge >= 0.3 is 6.03 Å². The molecule has 2 N–H and O–H groups in total. The van der Waals surface area contributed by atoms with Crippen LogP contribution in [0, 0.1) is 13.8 Å². The molecule has 0 atom stereocenters. The molecule has 0 saturated heterocycles. The molecule has 3 nitrogen and oxygen atoms in total. The van der Waals surface area contributed by atoms with Crippen LogP contribution in [0.25, 0.3) is 0 Å². The third kappa shape index (κ3) is 2.48. The molecule has 0 radical (unpaired) electrons. The number of hydrogen-bond acceptors (Lipinski definition) is 1. The third-order valence-corrected chi connectivity index (χ3v) is 2.52. The van der Waals surface area contributed by atoms with Gasteiger partial charge in [-0.25, -0.2) is 4.79 Å². The predicted octanol–water partition coefficient (Wildman–Crippen LogP) is 2.82. The Morgan fingerprint density at radius 3 is 2.50 bits per heavy atom. The number of aryl methyl sites for hydroxylation is 2. The minimum Gasteiger partial charge on any atom is -0.341 e. The molecule has 0 aromatic heterocycles. The molecule has 0 heterocycles. The number of nitrogens with one attached hydrogen (secondary N) is 2. The Kier molecular flexibility index (Phi) is 3.52. The maximum atomic E-state index is 11.1. The van der Waals surface area contributed by atoms with E-state index in [1.807, 2.05) is 26.0 Å². The van der Waals surface area contributed by atoms with Crippen molar-refractivity contribution in [1.29, 1.82) is 0 Å². The molecule has 1 aromatic carbocycles. The largest absolute Gasteiger partial charge is 0.341 e. The van der Waals surface area contributed by atoms with E-state index < -0.39 is 0 Å². The summed E-state index contributed by atoms with van der Waals surface area (Å²) in [6, 6.07) is 3.78. The summed E-state index contributed by atoms with van der Waals surface area (Å²) in [5.41, 5.74) is 3.02. The Morgan fingerprint density at radius 1 is 1.36 bits per heavy atom. The van der Waals surface area contributed by atoms with Gasteiger partial charge in [0.2, 0.25) is 0 Å². The van der Waals surface area contributed by atoms with E-state index in [0.717, 1.165) is 21.3 Å². The van der Waals surface area contributed by atoms with Crippen LogP contribution in [0.4, 0.5) is 10.5 Å². The Morgan fingerprint density at radius 2 is 2.00 bits per heavy atom. The summed E-state index contributed by atoms with van der Waals surface area (Å²) in [6.07, 6.45) is 0. The average Bonchev–Trinajstić information content (AvgIpc) is 2.10.